The molecule has 2 heteroatoms. The van der Waals surface area contributed by atoms with E-state index >= 15 is 0 Å². The highest BCUT2D eigenvalue weighted by Gasteiger charge is 1.90. The zero-order valence-corrected chi connectivity index (χ0v) is 8.87. The average molecular weight is 182 g/mol. The molecular formula is C11H22N2. The number of likely N-dealkylation sites (N-methyl/N-ethyl adjacent to an activating group) is 1. The standard InChI is InChI=1S/C11H22N2/c1-3-4-5-6-7-8-10-13(2)11-9-12/h3-4,7-8H,5-6,9-12H2,1-2H3. The van der Waals surface area contributed by atoms with Crippen molar-refractivity contribution in [3.63, 3.8) is 0 Å². The summed E-state index contributed by atoms with van der Waals surface area (Å²) < 4.78 is 0. The van der Waals surface area contributed by atoms with Crippen molar-refractivity contribution < 1.29 is 0 Å². The van der Waals surface area contributed by atoms with Gasteiger partial charge in [-0.15, -0.1) is 0 Å². The second kappa shape index (κ2) is 9.49. The lowest BCUT2D eigenvalue weighted by Crippen LogP contribution is -2.25. The summed E-state index contributed by atoms with van der Waals surface area (Å²) >= 11 is 0. The van der Waals surface area contributed by atoms with E-state index in [4.69, 9.17) is 5.73 Å². The minimum atomic E-state index is 0.739. The molecule has 0 unspecified atom stereocenters. The quantitative estimate of drug-likeness (QED) is 0.480. The van der Waals surface area contributed by atoms with Crippen molar-refractivity contribution in [2.45, 2.75) is 19.8 Å². The molecule has 0 aromatic carbocycles. The van der Waals surface area contributed by atoms with Crippen LogP contribution in [0.1, 0.15) is 19.8 Å². The van der Waals surface area contributed by atoms with E-state index < -0.39 is 0 Å². The first kappa shape index (κ1) is 12.4. The van der Waals surface area contributed by atoms with Crippen LogP contribution in [0.5, 0.6) is 0 Å². The van der Waals surface area contributed by atoms with Crippen LogP contribution in [0.25, 0.3) is 0 Å². The molecule has 0 saturated heterocycles. The highest BCUT2D eigenvalue weighted by molar-refractivity contribution is 4.88. The fourth-order valence-electron chi connectivity index (χ4n) is 1.04. The number of allylic oxidation sites excluding steroid dienone is 3. The molecule has 0 aromatic rings. The van der Waals surface area contributed by atoms with Crippen molar-refractivity contribution >= 4 is 0 Å². The minimum absolute atomic E-state index is 0.739. The second-order valence-electron chi connectivity index (χ2n) is 3.17. The van der Waals surface area contributed by atoms with Crippen LogP contribution in [0, 0.1) is 0 Å². The van der Waals surface area contributed by atoms with Gasteiger partial charge in [-0.3, -0.25) is 0 Å². The van der Waals surface area contributed by atoms with Gasteiger partial charge >= 0.3 is 0 Å². The number of nitrogens with two attached hydrogens (primary N) is 1. The van der Waals surface area contributed by atoms with E-state index in [1.54, 1.807) is 0 Å². The second-order valence-corrected chi connectivity index (χ2v) is 3.17. The van der Waals surface area contributed by atoms with Crippen LogP contribution in [0.15, 0.2) is 24.3 Å². The predicted molar refractivity (Wildman–Crippen MR) is 59.7 cm³/mol. The number of hydrogen-bond acceptors (Lipinski definition) is 2. The van der Waals surface area contributed by atoms with E-state index in [0.717, 1.165) is 32.5 Å². The molecule has 0 bridgehead atoms. The summed E-state index contributed by atoms with van der Waals surface area (Å²) in [5, 5.41) is 0. The molecule has 2 N–H and O–H groups in total. The molecule has 13 heavy (non-hydrogen) atoms. The molecule has 0 spiro atoms. The SMILES string of the molecule is CC=CCCC=CCN(C)CCN. The maximum absolute atomic E-state index is 5.42. The van der Waals surface area contributed by atoms with Crippen LogP contribution in [0.3, 0.4) is 0 Å². The van der Waals surface area contributed by atoms with Crippen LogP contribution in [0.2, 0.25) is 0 Å². The summed E-state index contributed by atoms with van der Waals surface area (Å²) in [6.45, 7) is 4.77. The summed E-state index contributed by atoms with van der Waals surface area (Å²) in [4.78, 5) is 2.21. The Morgan fingerprint density at radius 1 is 1.15 bits per heavy atom. The third kappa shape index (κ3) is 9.31. The van der Waals surface area contributed by atoms with E-state index in [1.807, 2.05) is 0 Å². The largest absolute Gasteiger partial charge is 0.329 e. The first-order chi connectivity index (χ1) is 6.31. The smallest absolute Gasteiger partial charge is 0.0160 e. The van der Waals surface area contributed by atoms with Gasteiger partial charge in [-0.05, 0) is 26.8 Å². The summed E-state index contributed by atoms with van der Waals surface area (Å²) in [5.41, 5.74) is 5.42. The molecule has 0 rings (SSSR count). The number of hydrogen-bond donors (Lipinski definition) is 1. The Morgan fingerprint density at radius 2 is 1.85 bits per heavy atom. The van der Waals surface area contributed by atoms with Crippen LogP contribution in [-0.4, -0.2) is 31.6 Å². The van der Waals surface area contributed by atoms with Gasteiger partial charge in [-0.2, -0.15) is 0 Å². The van der Waals surface area contributed by atoms with Gasteiger partial charge in [0.2, 0.25) is 0 Å². The Hall–Kier alpha value is -0.600. The molecular weight excluding hydrogens is 160 g/mol. The molecule has 2 nitrogen and oxygen atoms in total. The molecule has 0 aliphatic carbocycles. The lowest BCUT2D eigenvalue weighted by molar-refractivity contribution is 0.380. The molecule has 0 aromatic heterocycles. The fraction of sp³-hybridized carbons (Fsp3) is 0.636. The van der Waals surface area contributed by atoms with Crippen LogP contribution < -0.4 is 5.73 Å². The Labute approximate surface area is 82.1 Å². The molecule has 0 heterocycles. The van der Waals surface area contributed by atoms with Crippen molar-refractivity contribution in [2.24, 2.45) is 5.73 Å². The van der Waals surface area contributed by atoms with Crippen LogP contribution >= 0.6 is 0 Å². The summed E-state index contributed by atoms with van der Waals surface area (Å²) in [7, 11) is 2.09. The van der Waals surface area contributed by atoms with Crippen molar-refractivity contribution in [1.29, 1.82) is 0 Å². The molecule has 0 radical (unpaired) electrons. The maximum Gasteiger partial charge on any atom is 0.0160 e. The van der Waals surface area contributed by atoms with E-state index in [1.165, 1.54) is 0 Å². The van der Waals surface area contributed by atoms with E-state index in [9.17, 15) is 0 Å². The number of nitrogens with zero attached hydrogens (tertiary/aromatic N) is 1. The molecule has 0 amide bonds. The maximum atomic E-state index is 5.42. The summed E-state index contributed by atoms with van der Waals surface area (Å²) in [6.07, 6.45) is 11.0. The van der Waals surface area contributed by atoms with E-state index in [-0.39, 0.29) is 0 Å². The van der Waals surface area contributed by atoms with Crippen molar-refractivity contribution in [3.8, 4) is 0 Å². The van der Waals surface area contributed by atoms with Gasteiger partial charge in [-0.25, -0.2) is 0 Å². The molecule has 0 aliphatic heterocycles. The first-order valence-electron chi connectivity index (χ1n) is 4.96. The third-order valence-electron chi connectivity index (χ3n) is 1.83. The zero-order chi connectivity index (χ0) is 9.94. The average Bonchev–Trinajstić information content (AvgIpc) is 2.11. The molecule has 0 aliphatic rings. The zero-order valence-electron chi connectivity index (χ0n) is 8.87. The van der Waals surface area contributed by atoms with E-state index in [0.29, 0.717) is 0 Å². The van der Waals surface area contributed by atoms with Crippen molar-refractivity contribution in [2.75, 3.05) is 26.7 Å². The lowest BCUT2D eigenvalue weighted by atomic mass is 10.2. The van der Waals surface area contributed by atoms with Gasteiger partial charge in [0.15, 0.2) is 0 Å². The van der Waals surface area contributed by atoms with Crippen molar-refractivity contribution in [1.82, 2.24) is 4.90 Å². The van der Waals surface area contributed by atoms with Gasteiger partial charge in [0.1, 0.15) is 0 Å². The molecule has 0 atom stereocenters. The van der Waals surface area contributed by atoms with E-state index in [2.05, 4.69) is 43.2 Å². The topological polar surface area (TPSA) is 29.3 Å². The van der Waals surface area contributed by atoms with Crippen LogP contribution in [0.4, 0.5) is 0 Å². The predicted octanol–water partition coefficient (Wildman–Crippen LogP) is 1.79. The van der Waals surface area contributed by atoms with Gasteiger partial charge in [0, 0.05) is 19.6 Å². The summed E-state index contributed by atoms with van der Waals surface area (Å²) in [6, 6.07) is 0. The molecule has 0 fully saturated rings. The lowest BCUT2D eigenvalue weighted by Gasteiger charge is -2.11. The molecule has 76 valence electrons. The Bertz CT molecular complexity index is 150. The third-order valence-corrected chi connectivity index (χ3v) is 1.83. The number of rotatable bonds is 7. The van der Waals surface area contributed by atoms with Crippen LogP contribution in [-0.2, 0) is 0 Å². The van der Waals surface area contributed by atoms with Gasteiger partial charge < -0.3 is 10.6 Å². The van der Waals surface area contributed by atoms with Gasteiger partial charge in [0.25, 0.3) is 0 Å². The van der Waals surface area contributed by atoms with Gasteiger partial charge in [-0.1, -0.05) is 24.3 Å². The first-order valence-corrected chi connectivity index (χ1v) is 4.96. The molecule has 0 saturated carbocycles. The highest BCUT2D eigenvalue weighted by atomic mass is 15.1. The monoisotopic (exact) mass is 182 g/mol. The minimum Gasteiger partial charge on any atom is -0.329 e. The number of unbranched alkanes of at least 4 members (excludes halogenated alkanes) is 1. The Balaban J connectivity index is 3.29. The Morgan fingerprint density at radius 3 is 2.46 bits per heavy atom. The van der Waals surface area contributed by atoms with Gasteiger partial charge in [0.05, 0.1) is 0 Å². The Kier molecular flexibility index (Phi) is 9.05. The highest BCUT2D eigenvalue weighted by Crippen LogP contribution is 1.93. The summed E-state index contributed by atoms with van der Waals surface area (Å²) in [5.74, 6) is 0. The van der Waals surface area contributed by atoms with Crippen molar-refractivity contribution in [3.05, 3.63) is 24.3 Å². The fourth-order valence-corrected chi connectivity index (χ4v) is 1.04. The normalized spacial score (nSPS) is 12.3.